The highest BCUT2D eigenvalue weighted by Gasteiger charge is 2.44. The minimum absolute atomic E-state index is 0.0832. The molecule has 3 aliphatic rings. The molecule has 0 radical (unpaired) electrons. The summed E-state index contributed by atoms with van der Waals surface area (Å²) in [5.41, 5.74) is 20.4. The van der Waals surface area contributed by atoms with Gasteiger partial charge in [0.25, 0.3) is 6.71 Å². The molecule has 0 spiro atoms. The van der Waals surface area contributed by atoms with E-state index in [0.717, 1.165) is 0 Å². The second kappa shape index (κ2) is 14.2. The maximum atomic E-state index is 2.60. The maximum Gasteiger partial charge on any atom is 0.252 e. The van der Waals surface area contributed by atoms with Crippen LogP contribution in [0.1, 0.15) is 43.6 Å². The van der Waals surface area contributed by atoms with Gasteiger partial charge in [0.05, 0.1) is 0 Å². The van der Waals surface area contributed by atoms with Gasteiger partial charge < -0.3 is 9.80 Å². The van der Waals surface area contributed by atoms with Crippen LogP contribution in [0.4, 0.5) is 34.1 Å². The van der Waals surface area contributed by atoms with E-state index in [1.165, 1.54) is 122 Å². The monoisotopic (exact) mass is 730 g/mol. The minimum atomic E-state index is 0.0832. The van der Waals surface area contributed by atoms with Crippen molar-refractivity contribution in [2.24, 2.45) is 0 Å². The van der Waals surface area contributed by atoms with Crippen molar-refractivity contribution >= 4 is 57.2 Å². The quantitative estimate of drug-likeness (QED) is 0.157. The molecule has 0 atom stereocenters. The number of hydrogen-bond acceptors (Lipinski definition) is 2. The summed E-state index contributed by atoms with van der Waals surface area (Å²) in [6.45, 7) is 0.0832. The number of fused-ring (bicyclic) bond motifs is 4. The van der Waals surface area contributed by atoms with Gasteiger partial charge >= 0.3 is 0 Å². The summed E-state index contributed by atoms with van der Waals surface area (Å²) in [7, 11) is 0. The van der Waals surface area contributed by atoms with Crippen LogP contribution in [0, 0.1) is 0 Å². The van der Waals surface area contributed by atoms with E-state index < -0.39 is 0 Å². The zero-order chi connectivity index (χ0) is 37.7. The Kier molecular flexibility index (Phi) is 8.39. The van der Waals surface area contributed by atoms with Crippen molar-refractivity contribution in [3.05, 3.63) is 200 Å². The lowest BCUT2D eigenvalue weighted by Gasteiger charge is -2.45. The Labute approximate surface area is 336 Å². The van der Waals surface area contributed by atoms with Gasteiger partial charge in [0.2, 0.25) is 0 Å². The number of hydrogen-bond donors (Lipinski definition) is 0. The standard InChI is InChI=1S/C54H43BN2/c1-5-16-38(17-6-1)42-28-31-46(32-29-42)56-50-27-14-13-26-48(50)55-49-33-30-44(40-20-9-3-10-21-40)35-51(49)57(47-25-15-24-43(34-47)39-18-7-2-8-19-39)53-37-45(36-52(56)54(53)55)41-22-11-4-12-23-41/h1-3,5-10,13-21,24-37,41H,4,11-12,22-23H2. The summed E-state index contributed by atoms with van der Waals surface area (Å²) in [6, 6.07) is 72.3. The SMILES string of the molecule is c1ccc(-c2ccc(N3c4ccccc4B4c5ccc(-c6ccccc6)cc5N(c5cccc(-c6ccccc6)c5)c5cc(C6CCCCC6)cc3c54)cc2)cc1. The van der Waals surface area contributed by atoms with Crippen LogP contribution in [0.3, 0.4) is 0 Å². The van der Waals surface area contributed by atoms with Crippen molar-refractivity contribution in [2.45, 2.75) is 38.0 Å². The molecule has 272 valence electrons. The van der Waals surface area contributed by atoms with Crippen LogP contribution in [0.15, 0.2) is 194 Å². The summed E-state index contributed by atoms with van der Waals surface area (Å²) in [5, 5.41) is 0. The maximum absolute atomic E-state index is 2.60. The second-order valence-electron chi connectivity index (χ2n) is 15.9. The molecule has 57 heavy (non-hydrogen) atoms. The zero-order valence-corrected chi connectivity index (χ0v) is 32.1. The lowest BCUT2D eigenvalue weighted by Crippen LogP contribution is -2.61. The van der Waals surface area contributed by atoms with Gasteiger partial charge in [-0.1, -0.05) is 165 Å². The number of rotatable bonds is 6. The zero-order valence-electron chi connectivity index (χ0n) is 32.1. The van der Waals surface area contributed by atoms with Crippen molar-refractivity contribution < 1.29 is 0 Å². The van der Waals surface area contributed by atoms with Crippen LogP contribution in [0.2, 0.25) is 0 Å². The van der Waals surface area contributed by atoms with Crippen LogP contribution in [-0.2, 0) is 0 Å². The highest BCUT2D eigenvalue weighted by molar-refractivity contribution is 7.00. The van der Waals surface area contributed by atoms with E-state index in [1.54, 1.807) is 0 Å². The second-order valence-corrected chi connectivity index (χ2v) is 15.9. The smallest absolute Gasteiger partial charge is 0.252 e. The van der Waals surface area contributed by atoms with Crippen molar-refractivity contribution in [2.75, 3.05) is 9.80 Å². The summed E-state index contributed by atoms with van der Waals surface area (Å²) in [5.74, 6) is 0.535. The molecule has 2 aliphatic heterocycles. The van der Waals surface area contributed by atoms with Gasteiger partial charge in [-0.05, 0) is 123 Å². The third-order valence-corrected chi connectivity index (χ3v) is 12.6. The number of anilines is 6. The van der Waals surface area contributed by atoms with Crippen molar-refractivity contribution in [3.8, 4) is 33.4 Å². The van der Waals surface area contributed by atoms with Gasteiger partial charge in [-0.2, -0.15) is 0 Å². The molecule has 0 saturated heterocycles. The summed E-state index contributed by atoms with van der Waals surface area (Å²) >= 11 is 0. The fourth-order valence-electron chi connectivity index (χ4n) is 9.89. The first-order valence-electron chi connectivity index (χ1n) is 20.7. The molecule has 0 N–H and O–H groups in total. The van der Waals surface area contributed by atoms with Gasteiger partial charge in [0, 0.05) is 34.1 Å². The molecule has 8 aromatic rings. The molecule has 0 unspecified atom stereocenters. The first kappa shape index (κ1) is 33.7. The Morgan fingerprint density at radius 1 is 0.351 bits per heavy atom. The average molecular weight is 731 g/mol. The molecular formula is C54H43BN2. The Bertz CT molecular complexity index is 2720. The average Bonchev–Trinajstić information content (AvgIpc) is 3.30. The molecule has 3 heteroatoms. The normalized spacial score (nSPS) is 14.5. The molecule has 1 saturated carbocycles. The van der Waals surface area contributed by atoms with E-state index in [4.69, 9.17) is 0 Å². The first-order valence-corrected chi connectivity index (χ1v) is 20.7. The molecule has 2 heterocycles. The predicted molar refractivity (Wildman–Crippen MR) is 243 cm³/mol. The van der Waals surface area contributed by atoms with Crippen molar-refractivity contribution in [3.63, 3.8) is 0 Å². The summed E-state index contributed by atoms with van der Waals surface area (Å²) in [4.78, 5) is 5.16. The van der Waals surface area contributed by atoms with E-state index in [-0.39, 0.29) is 6.71 Å². The Hall–Kier alpha value is -6.58. The topological polar surface area (TPSA) is 6.48 Å². The van der Waals surface area contributed by atoms with Crippen LogP contribution in [0.25, 0.3) is 33.4 Å². The molecule has 2 nitrogen and oxygen atoms in total. The molecular weight excluding hydrogens is 687 g/mol. The molecule has 11 rings (SSSR count). The molecule has 8 aromatic carbocycles. The van der Waals surface area contributed by atoms with Crippen molar-refractivity contribution in [1.29, 1.82) is 0 Å². The van der Waals surface area contributed by atoms with E-state index in [2.05, 4.69) is 204 Å². The van der Waals surface area contributed by atoms with Crippen LogP contribution >= 0.6 is 0 Å². The lowest BCUT2D eigenvalue weighted by atomic mass is 9.33. The van der Waals surface area contributed by atoms with Gasteiger partial charge in [-0.25, -0.2) is 0 Å². The largest absolute Gasteiger partial charge is 0.311 e. The molecule has 1 fully saturated rings. The van der Waals surface area contributed by atoms with E-state index in [9.17, 15) is 0 Å². The first-order chi connectivity index (χ1) is 28.3. The van der Waals surface area contributed by atoms with E-state index in [1.807, 2.05) is 0 Å². The number of para-hydroxylation sites is 1. The van der Waals surface area contributed by atoms with Gasteiger partial charge in [-0.15, -0.1) is 0 Å². The predicted octanol–water partition coefficient (Wildman–Crippen LogP) is 12.8. The van der Waals surface area contributed by atoms with Crippen molar-refractivity contribution in [1.82, 2.24) is 0 Å². The van der Waals surface area contributed by atoms with Crippen LogP contribution < -0.4 is 26.2 Å². The fourth-order valence-corrected chi connectivity index (χ4v) is 9.89. The van der Waals surface area contributed by atoms with Gasteiger partial charge in [-0.3, -0.25) is 0 Å². The third kappa shape index (κ3) is 5.89. The van der Waals surface area contributed by atoms with E-state index >= 15 is 0 Å². The van der Waals surface area contributed by atoms with Gasteiger partial charge in [0.15, 0.2) is 0 Å². The molecule has 1 aliphatic carbocycles. The number of benzene rings is 8. The molecule has 0 bridgehead atoms. The fraction of sp³-hybridized carbons (Fsp3) is 0.111. The van der Waals surface area contributed by atoms with Crippen LogP contribution in [0.5, 0.6) is 0 Å². The summed E-state index contributed by atoms with van der Waals surface area (Å²) in [6.07, 6.45) is 6.39. The Morgan fingerprint density at radius 2 is 0.860 bits per heavy atom. The van der Waals surface area contributed by atoms with Gasteiger partial charge in [0.1, 0.15) is 0 Å². The molecule has 0 aromatic heterocycles. The lowest BCUT2D eigenvalue weighted by molar-refractivity contribution is 0.444. The number of nitrogens with zero attached hydrogens (tertiary/aromatic N) is 2. The third-order valence-electron chi connectivity index (χ3n) is 12.6. The van der Waals surface area contributed by atoms with E-state index in [0.29, 0.717) is 5.92 Å². The highest BCUT2D eigenvalue weighted by atomic mass is 15.2. The highest BCUT2D eigenvalue weighted by Crippen LogP contribution is 2.48. The van der Waals surface area contributed by atoms with Crippen LogP contribution in [-0.4, -0.2) is 6.71 Å². The Morgan fingerprint density at radius 3 is 1.53 bits per heavy atom. The minimum Gasteiger partial charge on any atom is -0.311 e. The Balaban J connectivity index is 1.18. The molecule has 0 amide bonds. The summed E-state index contributed by atoms with van der Waals surface area (Å²) < 4.78 is 0.